The molecule has 1 aromatic carbocycles. The van der Waals surface area contributed by atoms with Gasteiger partial charge in [-0.3, -0.25) is 0 Å². The Kier molecular flexibility index (Phi) is 5.27. The lowest BCUT2D eigenvalue weighted by atomic mass is 10.0. The van der Waals surface area contributed by atoms with E-state index in [0.29, 0.717) is 13.2 Å². The zero-order chi connectivity index (χ0) is 13.7. The third kappa shape index (κ3) is 3.98. The summed E-state index contributed by atoms with van der Waals surface area (Å²) in [5.74, 6) is 0. The van der Waals surface area contributed by atoms with Crippen LogP contribution in [0.5, 0.6) is 0 Å². The molecule has 5 heteroatoms. The first-order valence-electron chi connectivity index (χ1n) is 6.32. The van der Waals surface area contributed by atoms with Crippen molar-refractivity contribution in [3.05, 3.63) is 35.9 Å². The van der Waals surface area contributed by atoms with Crippen LogP contribution in [0.15, 0.2) is 30.3 Å². The molecule has 106 valence electrons. The first-order chi connectivity index (χ1) is 9.20. The number of benzene rings is 1. The molecule has 1 N–H and O–H groups in total. The van der Waals surface area contributed by atoms with E-state index in [0.717, 1.165) is 5.56 Å². The third-order valence-corrected chi connectivity index (χ3v) is 3.11. The van der Waals surface area contributed by atoms with Gasteiger partial charge in [-0.2, -0.15) is 0 Å². The Morgan fingerprint density at radius 2 is 2.11 bits per heavy atom. The van der Waals surface area contributed by atoms with E-state index in [-0.39, 0.29) is 12.5 Å². The van der Waals surface area contributed by atoms with Crippen LogP contribution in [-0.2, 0) is 20.8 Å². The molecule has 1 aliphatic heterocycles. The van der Waals surface area contributed by atoms with Gasteiger partial charge in [0, 0.05) is 13.5 Å². The first kappa shape index (κ1) is 14.4. The molecule has 0 spiro atoms. The molecule has 0 aliphatic carbocycles. The number of methoxy groups -OCH3 is 1. The fraction of sp³-hybridized carbons (Fsp3) is 0.571. The maximum Gasteiger partial charge on any atom is 0.191 e. The minimum absolute atomic E-state index is 0.218. The van der Waals surface area contributed by atoms with E-state index >= 15 is 0 Å². The standard InChI is InChI=1S/C14H19FO4/c1-17-14-13(15)12(16)7-11(19-14)9-18-8-10-5-3-2-4-6-10/h2-6,11-14,16H,7-9H2,1H3/t11-,12+,13+,14-/m1/s1. The average Bonchev–Trinajstić information content (AvgIpc) is 2.43. The van der Waals surface area contributed by atoms with Gasteiger partial charge in [0.2, 0.25) is 0 Å². The molecular formula is C14H19FO4. The molecular weight excluding hydrogens is 251 g/mol. The summed E-state index contributed by atoms with van der Waals surface area (Å²) >= 11 is 0. The normalized spacial score (nSPS) is 31.3. The second kappa shape index (κ2) is 6.96. The van der Waals surface area contributed by atoms with Crippen LogP contribution < -0.4 is 0 Å². The molecule has 1 saturated heterocycles. The van der Waals surface area contributed by atoms with Crippen molar-refractivity contribution in [3.63, 3.8) is 0 Å². The zero-order valence-corrected chi connectivity index (χ0v) is 10.9. The van der Waals surface area contributed by atoms with E-state index < -0.39 is 18.6 Å². The van der Waals surface area contributed by atoms with Crippen LogP contribution in [0.25, 0.3) is 0 Å². The number of aliphatic hydroxyl groups is 1. The Morgan fingerprint density at radius 3 is 2.79 bits per heavy atom. The summed E-state index contributed by atoms with van der Waals surface area (Å²) in [4.78, 5) is 0. The predicted molar refractivity (Wildman–Crippen MR) is 67.3 cm³/mol. The Bertz CT molecular complexity index is 373. The number of alkyl halides is 1. The van der Waals surface area contributed by atoms with Crippen LogP contribution in [0.3, 0.4) is 0 Å². The molecule has 2 rings (SSSR count). The third-order valence-electron chi connectivity index (χ3n) is 3.11. The summed E-state index contributed by atoms with van der Waals surface area (Å²) in [6, 6.07) is 9.75. The average molecular weight is 270 g/mol. The Balaban J connectivity index is 1.77. The molecule has 1 aromatic rings. The summed E-state index contributed by atoms with van der Waals surface area (Å²) in [7, 11) is 1.36. The number of rotatable bonds is 5. The van der Waals surface area contributed by atoms with Crippen LogP contribution in [0.1, 0.15) is 12.0 Å². The van der Waals surface area contributed by atoms with Crippen molar-refractivity contribution in [2.45, 2.75) is 37.7 Å². The molecule has 4 nitrogen and oxygen atoms in total. The summed E-state index contributed by atoms with van der Waals surface area (Å²) in [5, 5.41) is 9.58. The van der Waals surface area contributed by atoms with Crippen molar-refractivity contribution in [1.29, 1.82) is 0 Å². The second-order valence-corrected chi connectivity index (χ2v) is 4.61. The largest absolute Gasteiger partial charge is 0.390 e. The highest BCUT2D eigenvalue weighted by Gasteiger charge is 2.38. The van der Waals surface area contributed by atoms with Crippen molar-refractivity contribution in [2.24, 2.45) is 0 Å². The lowest BCUT2D eigenvalue weighted by molar-refractivity contribution is -0.248. The molecule has 1 heterocycles. The molecule has 19 heavy (non-hydrogen) atoms. The first-order valence-corrected chi connectivity index (χ1v) is 6.32. The highest BCUT2D eigenvalue weighted by Crippen LogP contribution is 2.23. The summed E-state index contributed by atoms with van der Waals surface area (Å²) < 4.78 is 29.2. The molecule has 0 bridgehead atoms. The highest BCUT2D eigenvalue weighted by molar-refractivity contribution is 5.13. The number of halogens is 1. The van der Waals surface area contributed by atoms with Gasteiger partial charge in [0.05, 0.1) is 25.4 Å². The number of hydrogen-bond donors (Lipinski definition) is 1. The predicted octanol–water partition coefficient (Wildman–Crippen LogP) is 1.66. The molecule has 0 radical (unpaired) electrons. The van der Waals surface area contributed by atoms with Gasteiger partial charge in [-0.25, -0.2) is 4.39 Å². The minimum atomic E-state index is -1.50. The van der Waals surface area contributed by atoms with Crippen molar-refractivity contribution >= 4 is 0 Å². The van der Waals surface area contributed by atoms with E-state index in [4.69, 9.17) is 14.2 Å². The molecule has 4 atom stereocenters. The van der Waals surface area contributed by atoms with Crippen molar-refractivity contribution in [3.8, 4) is 0 Å². The van der Waals surface area contributed by atoms with E-state index in [1.807, 2.05) is 30.3 Å². The van der Waals surface area contributed by atoms with Gasteiger partial charge in [0.15, 0.2) is 12.5 Å². The maximum atomic E-state index is 13.5. The Labute approximate surface area is 112 Å². The van der Waals surface area contributed by atoms with Gasteiger partial charge in [-0.1, -0.05) is 30.3 Å². The van der Waals surface area contributed by atoms with Crippen LogP contribution in [-0.4, -0.2) is 43.5 Å². The monoisotopic (exact) mass is 270 g/mol. The lowest BCUT2D eigenvalue weighted by Gasteiger charge is -2.34. The van der Waals surface area contributed by atoms with Crippen LogP contribution in [0.4, 0.5) is 4.39 Å². The van der Waals surface area contributed by atoms with Crippen molar-refractivity contribution in [2.75, 3.05) is 13.7 Å². The van der Waals surface area contributed by atoms with E-state index in [9.17, 15) is 9.50 Å². The maximum absolute atomic E-state index is 13.5. The van der Waals surface area contributed by atoms with Gasteiger partial charge in [-0.15, -0.1) is 0 Å². The quantitative estimate of drug-likeness (QED) is 0.884. The zero-order valence-electron chi connectivity index (χ0n) is 10.9. The smallest absolute Gasteiger partial charge is 0.191 e. The van der Waals surface area contributed by atoms with Gasteiger partial charge < -0.3 is 19.3 Å². The van der Waals surface area contributed by atoms with Crippen LogP contribution >= 0.6 is 0 Å². The van der Waals surface area contributed by atoms with Crippen molar-refractivity contribution < 1.29 is 23.7 Å². The molecule has 0 saturated carbocycles. The van der Waals surface area contributed by atoms with Gasteiger partial charge >= 0.3 is 0 Å². The van der Waals surface area contributed by atoms with Crippen LogP contribution in [0.2, 0.25) is 0 Å². The van der Waals surface area contributed by atoms with Crippen LogP contribution in [0, 0.1) is 0 Å². The highest BCUT2D eigenvalue weighted by atomic mass is 19.1. The minimum Gasteiger partial charge on any atom is -0.390 e. The van der Waals surface area contributed by atoms with Gasteiger partial charge in [-0.05, 0) is 5.56 Å². The molecule has 0 amide bonds. The van der Waals surface area contributed by atoms with Gasteiger partial charge in [0.25, 0.3) is 0 Å². The summed E-state index contributed by atoms with van der Waals surface area (Å²) in [5.41, 5.74) is 1.06. The Hall–Kier alpha value is -1.01. The van der Waals surface area contributed by atoms with Gasteiger partial charge in [0.1, 0.15) is 0 Å². The number of ether oxygens (including phenoxy) is 3. The van der Waals surface area contributed by atoms with E-state index in [2.05, 4.69) is 0 Å². The van der Waals surface area contributed by atoms with E-state index in [1.54, 1.807) is 0 Å². The molecule has 0 unspecified atom stereocenters. The number of aliphatic hydroxyl groups excluding tert-OH is 1. The summed E-state index contributed by atoms with van der Waals surface area (Å²) in [6.07, 6.45) is -3.72. The molecule has 1 fully saturated rings. The lowest BCUT2D eigenvalue weighted by Crippen LogP contribution is -2.48. The summed E-state index contributed by atoms with van der Waals surface area (Å²) in [6.45, 7) is 0.770. The van der Waals surface area contributed by atoms with Crippen molar-refractivity contribution in [1.82, 2.24) is 0 Å². The molecule has 0 aromatic heterocycles. The number of hydrogen-bond acceptors (Lipinski definition) is 4. The second-order valence-electron chi connectivity index (χ2n) is 4.61. The topological polar surface area (TPSA) is 47.9 Å². The fourth-order valence-electron chi connectivity index (χ4n) is 2.08. The van der Waals surface area contributed by atoms with E-state index in [1.165, 1.54) is 7.11 Å². The fourth-order valence-corrected chi connectivity index (χ4v) is 2.08. The SMILES string of the molecule is CO[C@@H]1O[C@@H](COCc2ccccc2)C[C@H](O)[C@@H]1F. The molecule has 1 aliphatic rings. The Morgan fingerprint density at radius 1 is 1.37 bits per heavy atom.